The highest BCUT2D eigenvalue weighted by atomic mass is 16.1. The van der Waals surface area contributed by atoms with Crippen molar-refractivity contribution in [2.24, 2.45) is 12.8 Å². The Kier molecular flexibility index (Phi) is 4.33. The Morgan fingerprint density at radius 3 is 2.35 bits per heavy atom. The molecule has 0 bridgehead atoms. The lowest BCUT2D eigenvalue weighted by molar-refractivity contribution is 0.0998. The molecule has 0 unspecified atom stereocenters. The van der Waals surface area contributed by atoms with Crippen molar-refractivity contribution in [3.8, 4) is 11.4 Å². The number of aromatic nitrogens is 3. The van der Waals surface area contributed by atoms with Crippen LogP contribution in [0.25, 0.3) is 33.3 Å². The number of imidazole rings is 1. The van der Waals surface area contributed by atoms with Crippen molar-refractivity contribution < 1.29 is 9.59 Å². The van der Waals surface area contributed by atoms with Crippen molar-refractivity contribution in [3.63, 3.8) is 0 Å². The molecule has 2 aromatic heterocycles. The van der Waals surface area contributed by atoms with E-state index in [1.54, 1.807) is 30.5 Å². The summed E-state index contributed by atoms with van der Waals surface area (Å²) in [5.41, 5.74) is 10.2. The fourth-order valence-electron chi connectivity index (χ4n) is 3.74. The molecule has 150 valence electrons. The van der Waals surface area contributed by atoms with Crippen molar-refractivity contribution in [3.05, 3.63) is 95.7 Å². The summed E-state index contributed by atoms with van der Waals surface area (Å²) in [7, 11) is 1.91. The summed E-state index contributed by atoms with van der Waals surface area (Å²) in [6.07, 6.45) is 1.61. The van der Waals surface area contributed by atoms with Crippen LogP contribution in [0.1, 0.15) is 26.3 Å². The van der Waals surface area contributed by atoms with Crippen LogP contribution in [0, 0.1) is 0 Å². The first kappa shape index (κ1) is 18.7. The third kappa shape index (κ3) is 3.24. The number of pyridine rings is 1. The van der Waals surface area contributed by atoms with E-state index in [1.165, 1.54) is 0 Å². The Bertz CT molecular complexity index is 1480. The second-order valence-corrected chi connectivity index (χ2v) is 7.39. The van der Waals surface area contributed by atoms with Crippen molar-refractivity contribution in [1.29, 1.82) is 0 Å². The van der Waals surface area contributed by atoms with Gasteiger partial charge in [-0.05, 0) is 30.3 Å². The number of benzene rings is 3. The third-order valence-corrected chi connectivity index (χ3v) is 5.42. The predicted molar refractivity (Wildman–Crippen MR) is 120 cm³/mol. The molecule has 6 heteroatoms. The number of aryl methyl sites for hydroxylation is 1. The lowest BCUT2D eigenvalue weighted by Gasteiger charge is -2.06. The zero-order valence-corrected chi connectivity index (χ0v) is 16.7. The monoisotopic (exact) mass is 406 g/mol. The fraction of sp³-hybridized carbons (Fsp3) is 0.0400. The van der Waals surface area contributed by atoms with Gasteiger partial charge in [-0.15, -0.1) is 0 Å². The minimum atomic E-state index is -0.486. The molecule has 1 amide bonds. The number of primary amides is 1. The van der Waals surface area contributed by atoms with E-state index in [-0.39, 0.29) is 5.78 Å². The second-order valence-electron chi connectivity index (χ2n) is 7.39. The van der Waals surface area contributed by atoms with Gasteiger partial charge in [-0.1, -0.05) is 42.5 Å². The van der Waals surface area contributed by atoms with E-state index in [1.807, 2.05) is 60.1 Å². The number of amides is 1. The molecule has 0 radical (unpaired) electrons. The van der Waals surface area contributed by atoms with Crippen LogP contribution >= 0.6 is 0 Å². The minimum absolute atomic E-state index is 0.0825. The average molecular weight is 406 g/mol. The number of rotatable bonds is 4. The highest BCUT2D eigenvalue weighted by Crippen LogP contribution is 2.25. The summed E-state index contributed by atoms with van der Waals surface area (Å²) in [5.74, 6) is 0.170. The topological polar surface area (TPSA) is 90.9 Å². The van der Waals surface area contributed by atoms with E-state index in [4.69, 9.17) is 5.73 Å². The first-order chi connectivity index (χ1) is 15.0. The Morgan fingerprint density at radius 2 is 1.58 bits per heavy atom. The van der Waals surface area contributed by atoms with E-state index in [2.05, 4.69) is 9.97 Å². The van der Waals surface area contributed by atoms with Crippen LogP contribution in [0.15, 0.2) is 79.0 Å². The van der Waals surface area contributed by atoms with Gasteiger partial charge in [0.25, 0.3) is 0 Å². The Labute approximate surface area is 178 Å². The minimum Gasteiger partial charge on any atom is -0.366 e. The standard InChI is InChI=1S/C25H18N4O2/c1-29-22-11-10-18(24(26)31)13-21(22)28-25(29)16-8-6-15(7-9-16)23(30)19-12-17-4-2-3-5-20(17)27-14-19/h2-14H,1H3,(H2,26,31). The van der Waals surface area contributed by atoms with E-state index >= 15 is 0 Å². The number of hydrogen-bond donors (Lipinski definition) is 1. The lowest BCUT2D eigenvalue weighted by Crippen LogP contribution is -2.10. The molecule has 2 heterocycles. The maximum atomic E-state index is 12.9. The number of carbonyl (C=O) groups excluding carboxylic acids is 2. The van der Waals surface area contributed by atoms with Gasteiger partial charge in [-0.3, -0.25) is 14.6 Å². The van der Waals surface area contributed by atoms with Crippen molar-refractivity contribution >= 4 is 33.6 Å². The van der Waals surface area contributed by atoms with E-state index in [9.17, 15) is 9.59 Å². The van der Waals surface area contributed by atoms with Crippen LogP contribution in [0.4, 0.5) is 0 Å². The van der Waals surface area contributed by atoms with Gasteiger partial charge in [0, 0.05) is 40.9 Å². The van der Waals surface area contributed by atoms with Crippen LogP contribution in [-0.4, -0.2) is 26.2 Å². The van der Waals surface area contributed by atoms with E-state index < -0.39 is 5.91 Å². The number of fused-ring (bicyclic) bond motifs is 2. The van der Waals surface area contributed by atoms with Gasteiger partial charge in [0.15, 0.2) is 5.78 Å². The number of nitrogens with two attached hydrogens (primary N) is 1. The van der Waals surface area contributed by atoms with Gasteiger partial charge in [0.05, 0.1) is 16.6 Å². The first-order valence-electron chi connectivity index (χ1n) is 9.77. The molecule has 6 nitrogen and oxygen atoms in total. The van der Waals surface area contributed by atoms with Crippen molar-refractivity contribution in [2.75, 3.05) is 0 Å². The van der Waals surface area contributed by atoms with Crippen LogP contribution in [-0.2, 0) is 7.05 Å². The maximum absolute atomic E-state index is 12.9. The van der Waals surface area contributed by atoms with Crippen LogP contribution in [0.5, 0.6) is 0 Å². The SMILES string of the molecule is Cn1c(-c2ccc(C(=O)c3cnc4ccccc4c3)cc2)nc2cc(C(N)=O)ccc21. The molecule has 0 atom stereocenters. The summed E-state index contributed by atoms with van der Waals surface area (Å²) in [6.45, 7) is 0. The number of nitrogens with zero attached hydrogens (tertiary/aromatic N) is 3. The summed E-state index contributed by atoms with van der Waals surface area (Å²) in [4.78, 5) is 33.4. The molecular formula is C25H18N4O2. The molecular weight excluding hydrogens is 388 g/mol. The number of ketones is 1. The van der Waals surface area contributed by atoms with Gasteiger partial charge in [0.1, 0.15) is 5.82 Å². The normalized spacial score (nSPS) is 11.1. The lowest BCUT2D eigenvalue weighted by atomic mass is 10.0. The van der Waals surface area contributed by atoms with Gasteiger partial charge >= 0.3 is 0 Å². The second kappa shape index (κ2) is 7.18. The molecule has 31 heavy (non-hydrogen) atoms. The predicted octanol–water partition coefficient (Wildman–Crippen LogP) is 4.12. The molecule has 0 aliphatic rings. The van der Waals surface area contributed by atoms with Crippen molar-refractivity contribution in [1.82, 2.24) is 14.5 Å². The van der Waals surface area contributed by atoms with E-state index in [0.717, 1.165) is 27.8 Å². The molecule has 0 aliphatic carbocycles. The maximum Gasteiger partial charge on any atom is 0.248 e. The quantitative estimate of drug-likeness (QED) is 0.455. The first-order valence-corrected chi connectivity index (χ1v) is 9.77. The van der Waals surface area contributed by atoms with Crippen molar-refractivity contribution in [2.45, 2.75) is 0 Å². The van der Waals surface area contributed by atoms with Gasteiger partial charge in [0.2, 0.25) is 5.91 Å². The molecule has 0 aliphatic heterocycles. The molecule has 5 aromatic rings. The molecule has 0 saturated carbocycles. The highest BCUT2D eigenvalue weighted by Gasteiger charge is 2.14. The molecule has 0 saturated heterocycles. The average Bonchev–Trinajstić information content (AvgIpc) is 3.14. The van der Waals surface area contributed by atoms with Crippen LogP contribution in [0.3, 0.4) is 0 Å². The van der Waals surface area contributed by atoms with E-state index in [0.29, 0.717) is 22.2 Å². The zero-order valence-electron chi connectivity index (χ0n) is 16.7. The largest absolute Gasteiger partial charge is 0.366 e. The molecule has 2 N–H and O–H groups in total. The molecule has 5 rings (SSSR count). The number of para-hydroxylation sites is 1. The van der Waals surface area contributed by atoms with Gasteiger partial charge in [-0.25, -0.2) is 4.98 Å². The van der Waals surface area contributed by atoms with Crippen LogP contribution < -0.4 is 5.73 Å². The molecule has 3 aromatic carbocycles. The Balaban J connectivity index is 1.48. The van der Waals surface area contributed by atoms with Gasteiger partial charge < -0.3 is 10.3 Å². The van der Waals surface area contributed by atoms with Gasteiger partial charge in [-0.2, -0.15) is 0 Å². The highest BCUT2D eigenvalue weighted by molar-refractivity contribution is 6.10. The summed E-state index contributed by atoms with van der Waals surface area (Å²) in [5, 5.41) is 0.931. The Morgan fingerprint density at radius 1 is 0.839 bits per heavy atom. The van der Waals surface area contributed by atoms with Crippen LogP contribution in [0.2, 0.25) is 0 Å². The summed E-state index contributed by atoms with van der Waals surface area (Å²) < 4.78 is 1.95. The molecule has 0 fully saturated rings. The fourth-order valence-corrected chi connectivity index (χ4v) is 3.74. The molecule has 0 spiro atoms. The number of carbonyl (C=O) groups is 2. The summed E-state index contributed by atoms with van der Waals surface area (Å²) >= 11 is 0. The summed E-state index contributed by atoms with van der Waals surface area (Å²) in [6, 6.07) is 22.1. The zero-order chi connectivity index (χ0) is 21.5. The smallest absolute Gasteiger partial charge is 0.248 e. The Hall–Kier alpha value is -4.32. The number of hydrogen-bond acceptors (Lipinski definition) is 4. The third-order valence-electron chi connectivity index (χ3n) is 5.42.